The zero-order chi connectivity index (χ0) is 40.7. The first-order valence-electron chi connectivity index (χ1n) is 21.9. The second kappa shape index (κ2) is 38.8. The van der Waals surface area contributed by atoms with E-state index in [1.54, 1.807) is 0 Å². The zero-order valence-electron chi connectivity index (χ0n) is 34.8. The highest BCUT2D eigenvalue weighted by Crippen LogP contribution is 2.43. The van der Waals surface area contributed by atoms with Crippen molar-refractivity contribution in [3.63, 3.8) is 0 Å². The molecule has 3 unspecified atom stereocenters. The Kier molecular flexibility index (Phi) is 37.4. The summed E-state index contributed by atoms with van der Waals surface area (Å²) in [7, 11) is -4.71. The molecule has 0 fully saturated rings. The van der Waals surface area contributed by atoms with E-state index in [0.29, 0.717) is 12.8 Å². The predicted octanol–water partition coefficient (Wildman–Crippen LogP) is 11.5. The number of hydrogen-bond donors (Lipinski definition) is 3. The molecule has 0 spiro atoms. The summed E-state index contributed by atoms with van der Waals surface area (Å²) in [5, 5.41) is 8.87. The molecule has 11 nitrogen and oxygen atoms in total. The molecule has 0 amide bonds. The predicted molar refractivity (Wildman–Crippen MR) is 222 cm³/mol. The third-order valence-corrected chi connectivity index (χ3v) is 10.4. The molecule has 12 heteroatoms. The molecule has 0 aliphatic rings. The number of nitrogens with two attached hydrogens (primary N) is 1. The van der Waals surface area contributed by atoms with Crippen molar-refractivity contribution < 1.29 is 47.5 Å². The van der Waals surface area contributed by atoms with E-state index in [0.717, 1.165) is 64.2 Å². The number of allylic oxidation sites excluding steroid dienone is 4. The van der Waals surface area contributed by atoms with E-state index in [4.69, 9.17) is 24.8 Å². The van der Waals surface area contributed by atoms with E-state index < -0.39 is 51.1 Å². The van der Waals surface area contributed by atoms with Crippen molar-refractivity contribution in [2.45, 2.75) is 212 Å². The lowest BCUT2D eigenvalue weighted by atomic mass is 10.1. The number of carbonyl (C=O) groups excluding carboxylic acids is 2. The molecule has 0 aromatic carbocycles. The van der Waals surface area contributed by atoms with Gasteiger partial charge >= 0.3 is 25.7 Å². The van der Waals surface area contributed by atoms with Gasteiger partial charge in [-0.1, -0.05) is 154 Å². The highest BCUT2D eigenvalue weighted by molar-refractivity contribution is 7.47. The van der Waals surface area contributed by atoms with Crippen LogP contribution in [0.5, 0.6) is 0 Å². The summed E-state index contributed by atoms with van der Waals surface area (Å²) in [6, 6.07) is -1.52. The van der Waals surface area contributed by atoms with Gasteiger partial charge in [0.25, 0.3) is 0 Å². The Balaban J connectivity index is 4.26. The number of ether oxygens (including phenoxy) is 2. The van der Waals surface area contributed by atoms with E-state index in [9.17, 15) is 23.8 Å². The number of aliphatic carboxylic acids is 1. The first kappa shape index (κ1) is 53.0. The van der Waals surface area contributed by atoms with E-state index >= 15 is 0 Å². The minimum Gasteiger partial charge on any atom is -0.480 e. The molecule has 0 radical (unpaired) electrons. The van der Waals surface area contributed by atoms with Gasteiger partial charge in [0.05, 0.1) is 13.2 Å². The van der Waals surface area contributed by atoms with Crippen molar-refractivity contribution in [2.75, 3.05) is 19.8 Å². The lowest BCUT2D eigenvalue weighted by Gasteiger charge is -2.20. The lowest BCUT2D eigenvalue weighted by Crippen LogP contribution is -2.34. The molecule has 0 heterocycles. The van der Waals surface area contributed by atoms with E-state index in [2.05, 4.69) is 42.7 Å². The maximum Gasteiger partial charge on any atom is 0.472 e. The summed E-state index contributed by atoms with van der Waals surface area (Å²) in [5.41, 5.74) is 5.33. The molecule has 0 aromatic rings. The molecule has 0 aromatic heterocycles. The number of unbranched alkanes of at least 4 members (excludes halogenated alkanes) is 23. The molecule has 0 rings (SSSR count). The molecular formula is C43H80NO10P. The number of phosphoric ester groups is 1. The van der Waals surface area contributed by atoms with Crippen LogP contribution in [-0.4, -0.2) is 59.9 Å². The van der Waals surface area contributed by atoms with Gasteiger partial charge in [-0.25, -0.2) is 4.57 Å². The fraction of sp³-hybridized carbons (Fsp3) is 0.837. The SMILES string of the molecule is CCC/C=C\CCCCCCCC(=O)OCC(COP(=O)(O)OCC(N)C(=O)O)OC(=O)CCCCCCCCCCC/C=C\CCCCCCCCCC. The third-order valence-electron chi connectivity index (χ3n) is 9.40. The van der Waals surface area contributed by atoms with Crippen molar-refractivity contribution >= 4 is 25.7 Å². The number of rotatable bonds is 41. The van der Waals surface area contributed by atoms with Crippen LogP contribution in [0.4, 0.5) is 0 Å². The van der Waals surface area contributed by atoms with Crippen LogP contribution in [0.25, 0.3) is 0 Å². The molecule has 0 saturated carbocycles. The molecule has 322 valence electrons. The number of phosphoric acid groups is 1. The second-order valence-corrected chi connectivity index (χ2v) is 16.3. The second-order valence-electron chi connectivity index (χ2n) is 14.8. The average Bonchev–Trinajstić information content (AvgIpc) is 3.16. The van der Waals surface area contributed by atoms with Gasteiger partial charge in [-0.3, -0.25) is 23.4 Å². The van der Waals surface area contributed by atoms with Gasteiger partial charge in [-0.15, -0.1) is 0 Å². The Morgan fingerprint density at radius 3 is 1.40 bits per heavy atom. The minimum atomic E-state index is -4.71. The Morgan fingerprint density at radius 2 is 0.945 bits per heavy atom. The zero-order valence-corrected chi connectivity index (χ0v) is 35.7. The first-order valence-corrected chi connectivity index (χ1v) is 23.4. The molecule has 0 saturated heterocycles. The van der Waals surface area contributed by atoms with Crippen LogP contribution >= 0.6 is 7.82 Å². The Labute approximate surface area is 334 Å². The summed E-state index contributed by atoms with van der Waals surface area (Å²) in [6.07, 6.45) is 39.7. The molecule has 55 heavy (non-hydrogen) atoms. The summed E-state index contributed by atoms with van der Waals surface area (Å²) in [6.45, 7) is 2.73. The molecular weight excluding hydrogens is 721 g/mol. The Bertz CT molecular complexity index is 1040. The summed E-state index contributed by atoms with van der Waals surface area (Å²) >= 11 is 0. The maximum atomic E-state index is 12.6. The van der Waals surface area contributed by atoms with Crippen molar-refractivity contribution in [2.24, 2.45) is 5.73 Å². The maximum absolute atomic E-state index is 12.6. The number of hydrogen-bond acceptors (Lipinski definition) is 9. The molecule has 0 aliphatic carbocycles. The Hall–Kier alpha value is -2.04. The fourth-order valence-electron chi connectivity index (χ4n) is 5.94. The largest absolute Gasteiger partial charge is 0.480 e. The average molecular weight is 802 g/mol. The van der Waals surface area contributed by atoms with Crippen LogP contribution in [-0.2, 0) is 37.5 Å². The first-order chi connectivity index (χ1) is 26.6. The molecule has 4 N–H and O–H groups in total. The third kappa shape index (κ3) is 38.6. The number of esters is 2. The van der Waals surface area contributed by atoms with Crippen LogP contribution in [0.3, 0.4) is 0 Å². The van der Waals surface area contributed by atoms with Gasteiger partial charge in [-0.2, -0.15) is 0 Å². The van der Waals surface area contributed by atoms with Crippen LogP contribution in [0.15, 0.2) is 24.3 Å². The lowest BCUT2D eigenvalue weighted by molar-refractivity contribution is -0.161. The van der Waals surface area contributed by atoms with Crippen LogP contribution in [0.2, 0.25) is 0 Å². The van der Waals surface area contributed by atoms with E-state index in [1.165, 1.54) is 96.3 Å². The van der Waals surface area contributed by atoms with Gasteiger partial charge < -0.3 is 25.2 Å². The number of carboxylic acids is 1. The van der Waals surface area contributed by atoms with Crippen LogP contribution in [0, 0.1) is 0 Å². The number of carboxylic acid groups (broad SMARTS) is 1. The minimum absolute atomic E-state index is 0.159. The van der Waals surface area contributed by atoms with Crippen molar-refractivity contribution in [3.8, 4) is 0 Å². The highest BCUT2D eigenvalue weighted by atomic mass is 31.2. The van der Waals surface area contributed by atoms with Gasteiger partial charge in [0.2, 0.25) is 0 Å². The van der Waals surface area contributed by atoms with Crippen molar-refractivity contribution in [1.29, 1.82) is 0 Å². The highest BCUT2D eigenvalue weighted by Gasteiger charge is 2.28. The van der Waals surface area contributed by atoms with Crippen LogP contribution in [0.1, 0.15) is 200 Å². The van der Waals surface area contributed by atoms with Crippen molar-refractivity contribution in [1.82, 2.24) is 0 Å². The van der Waals surface area contributed by atoms with E-state index in [-0.39, 0.29) is 19.4 Å². The van der Waals surface area contributed by atoms with Gasteiger partial charge in [-0.05, 0) is 57.8 Å². The molecule has 0 aliphatic heterocycles. The quantitative estimate of drug-likeness (QED) is 0.0232. The summed E-state index contributed by atoms with van der Waals surface area (Å²) in [5.74, 6) is -2.39. The van der Waals surface area contributed by atoms with Crippen LogP contribution < -0.4 is 5.73 Å². The van der Waals surface area contributed by atoms with Gasteiger partial charge in [0.15, 0.2) is 6.10 Å². The molecule has 0 bridgehead atoms. The standard InChI is InChI=1S/C43H80NO10P/c1-3-5-7-9-11-13-15-16-17-18-19-20-21-22-23-24-25-27-29-31-33-35-42(46)54-39(37-52-55(49,50)53-38-40(44)43(47)48)36-51-41(45)34-32-30-28-26-14-12-10-8-6-4-2/h8,10,18-19,39-40H,3-7,9,11-17,20-38,44H2,1-2H3,(H,47,48)(H,49,50)/b10-8-,19-18-. The fourth-order valence-corrected chi connectivity index (χ4v) is 6.72. The monoisotopic (exact) mass is 802 g/mol. The normalized spacial score (nSPS) is 14.0. The molecule has 3 atom stereocenters. The van der Waals surface area contributed by atoms with Crippen molar-refractivity contribution in [3.05, 3.63) is 24.3 Å². The Morgan fingerprint density at radius 1 is 0.545 bits per heavy atom. The number of carbonyl (C=O) groups is 3. The summed E-state index contributed by atoms with van der Waals surface area (Å²) in [4.78, 5) is 45.8. The smallest absolute Gasteiger partial charge is 0.472 e. The van der Waals surface area contributed by atoms with Gasteiger partial charge in [0.1, 0.15) is 12.6 Å². The van der Waals surface area contributed by atoms with Gasteiger partial charge in [0, 0.05) is 12.8 Å². The summed E-state index contributed by atoms with van der Waals surface area (Å²) < 4.78 is 32.6. The topological polar surface area (TPSA) is 172 Å². The van der Waals surface area contributed by atoms with E-state index in [1.807, 2.05) is 0 Å².